The lowest BCUT2D eigenvalue weighted by molar-refractivity contribution is 0.159. The second-order valence-electron chi connectivity index (χ2n) is 10.9. The Bertz CT molecular complexity index is 870. The molecule has 180 valence electrons. The van der Waals surface area contributed by atoms with Crippen LogP contribution in [0.2, 0.25) is 0 Å². The highest BCUT2D eigenvalue weighted by atomic mass is 15.2. The van der Waals surface area contributed by atoms with Gasteiger partial charge in [0, 0.05) is 49.8 Å². The van der Waals surface area contributed by atoms with Gasteiger partial charge in [0.05, 0.1) is 0 Å². The summed E-state index contributed by atoms with van der Waals surface area (Å²) in [6.45, 7) is 18.3. The maximum absolute atomic E-state index is 4.58. The molecule has 1 aromatic carbocycles. The molecule has 1 aliphatic carbocycles. The quantitative estimate of drug-likeness (QED) is 0.367. The third-order valence-corrected chi connectivity index (χ3v) is 6.80. The van der Waals surface area contributed by atoms with Crippen LogP contribution in [0.25, 0.3) is 11.3 Å². The van der Waals surface area contributed by atoms with E-state index in [0.717, 1.165) is 31.5 Å². The Kier molecular flexibility index (Phi) is 8.62. The summed E-state index contributed by atoms with van der Waals surface area (Å²) in [7, 11) is 1.82. The molecular formula is C30H45N3. The molecule has 1 saturated heterocycles. The molecule has 1 saturated carbocycles. The minimum atomic E-state index is 0.328. The third kappa shape index (κ3) is 6.85. The van der Waals surface area contributed by atoms with Gasteiger partial charge in [-0.15, -0.1) is 0 Å². The van der Waals surface area contributed by atoms with Gasteiger partial charge in [0.15, 0.2) is 0 Å². The van der Waals surface area contributed by atoms with Gasteiger partial charge in [-0.3, -0.25) is 4.99 Å². The minimum absolute atomic E-state index is 0.328. The van der Waals surface area contributed by atoms with Crippen LogP contribution in [0.5, 0.6) is 0 Å². The van der Waals surface area contributed by atoms with Gasteiger partial charge in [0.2, 0.25) is 0 Å². The van der Waals surface area contributed by atoms with Crippen molar-refractivity contribution in [1.29, 1.82) is 0 Å². The van der Waals surface area contributed by atoms with Gasteiger partial charge >= 0.3 is 0 Å². The highest BCUT2D eigenvalue weighted by molar-refractivity contribution is 6.09. The lowest BCUT2D eigenvalue weighted by Gasteiger charge is -2.43. The lowest BCUT2D eigenvalue weighted by atomic mass is 9.89. The monoisotopic (exact) mass is 447 g/mol. The van der Waals surface area contributed by atoms with E-state index >= 15 is 0 Å². The van der Waals surface area contributed by atoms with E-state index in [4.69, 9.17) is 0 Å². The Morgan fingerprint density at radius 3 is 2.12 bits per heavy atom. The standard InChI is InChI=1S/C30H45N3/c1-8-10-29(21-30(4,5)6)32-19-17-28(18-20-32)33(27-15-16-27)23(3)25-11-13-26(14-12-25)24(9-2)22-31-7/h9-14,22,27-28H,3,8,15-21H2,1-2,4-7H3/b24-9+,29-10+,31-22?. The second-order valence-corrected chi connectivity index (χ2v) is 10.9. The predicted molar refractivity (Wildman–Crippen MR) is 145 cm³/mol. The summed E-state index contributed by atoms with van der Waals surface area (Å²) in [5.41, 5.74) is 6.69. The van der Waals surface area contributed by atoms with Crippen LogP contribution in [-0.4, -0.2) is 48.2 Å². The molecule has 0 aromatic heterocycles. The van der Waals surface area contributed by atoms with Crippen LogP contribution in [0.1, 0.15) is 84.3 Å². The van der Waals surface area contributed by atoms with Gasteiger partial charge < -0.3 is 9.80 Å². The van der Waals surface area contributed by atoms with Crippen LogP contribution in [0, 0.1) is 5.41 Å². The first kappa shape index (κ1) is 25.3. The van der Waals surface area contributed by atoms with E-state index in [1.807, 2.05) is 13.3 Å². The van der Waals surface area contributed by atoms with Gasteiger partial charge in [-0.1, -0.05) is 70.7 Å². The number of likely N-dealkylation sites (tertiary alicyclic amines) is 1. The molecule has 2 fully saturated rings. The van der Waals surface area contributed by atoms with Crippen LogP contribution in [0.4, 0.5) is 0 Å². The Hall–Kier alpha value is -2.29. The molecule has 1 aliphatic heterocycles. The number of hydrogen-bond acceptors (Lipinski definition) is 3. The Balaban J connectivity index is 1.69. The van der Waals surface area contributed by atoms with Crippen LogP contribution in [-0.2, 0) is 0 Å². The maximum atomic E-state index is 4.58. The van der Waals surface area contributed by atoms with Crippen molar-refractivity contribution in [3.63, 3.8) is 0 Å². The topological polar surface area (TPSA) is 18.8 Å². The summed E-state index contributed by atoms with van der Waals surface area (Å²) in [4.78, 5) is 9.51. The summed E-state index contributed by atoms with van der Waals surface area (Å²) in [6, 6.07) is 10.2. The zero-order valence-electron chi connectivity index (χ0n) is 21.9. The van der Waals surface area contributed by atoms with E-state index in [1.54, 1.807) is 5.70 Å². The SMILES string of the molecule is C=C(c1ccc(/C(C=NC)=C/C)cc1)N(C1CC1)C1CCN(/C(=C/CC)CC(C)(C)C)CC1. The van der Waals surface area contributed by atoms with E-state index in [0.29, 0.717) is 17.5 Å². The highest BCUT2D eigenvalue weighted by Gasteiger charge is 2.37. The van der Waals surface area contributed by atoms with Crippen molar-refractivity contribution in [3.8, 4) is 0 Å². The van der Waals surface area contributed by atoms with Gasteiger partial charge in [-0.25, -0.2) is 0 Å². The molecule has 1 aromatic rings. The zero-order chi connectivity index (χ0) is 24.0. The number of benzene rings is 1. The Morgan fingerprint density at radius 1 is 1.06 bits per heavy atom. The summed E-state index contributed by atoms with van der Waals surface area (Å²) < 4.78 is 0. The lowest BCUT2D eigenvalue weighted by Crippen LogP contribution is -2.45. The van der Waals surface area contributed by atoms with Gasteiger partial charge in [-0.05, 0) is 67.6 Å². The molecule has 3 rings (SSSR count). The first-order valence-corrected chi connectivity index (χ1v) is 12.9. The Labute approximate surface area is 203 Å². The molecule has 3 heteroatoms. The molecule has 0 bridgehead atoms. The molecule has 3 nitrogen and oxygen atoms in total. The largest absolute Gasteiger partial charge is 0.375 e. The fourth-order valence-electron chi connectivity index (χ4n) is 5.07. The molecule has 33 heavy (non-hydrogen) atoms. The van der Waals surface area contributed by atoms with E-state index in [2.05, 4.69) is 92.4 Å². The van der Waals surface area contributed by atoms with Crippen molar-refractivity contribution in [2.45, 2.75) is 85.2 Å². The fraction of sp³-hybridized carbons (Fsp3) is 0.567. The highest BCUT2D eigenvalue weighted by Crippen LogP contribution is 2.39. The smallest absolute Gasteiger partial charge is 0.0371 e. The van der Waals surface area contributed by atoms with E-state index in [9.17, 15) is 0 Å². The number of rotatable bonds is 9. The zero-order valence-corrected chi connectivity index (χ0v) is 21.9. The van der Waals surface area contributed by atoms with Crippen molar-refractivity contribution in [2.24, 2.45) is 10.4 Å². The number of nitrogens with zero attached hydrogens (tertiary/aromatic N) is 3. The van der Waals surface area contributed by atoms with Crippen LogP contribution < -0.4 is 0 Å². The van der Waals surface area contributed by atoms with Crippen molar-refractivity contribution in [3.05, 3.63) is 59.8 Å². The predicted octanol–water partition coefficient (Wildman–Crippen LogP) is 7.42. The molecule has 2 aliphatic rings. The van der Waals surface area contributed by atoms with Crippen molar-refractivity contribution < 1.29 is 0 Å². The van der Waals surface area contributed by atoms with E-state index in [-0.39, 0.29) is 0 Å². The fourth-order valence-corrected chi connectivity index (χ4v) is 5.07. The summed E-state index contributed by atoms with van der Waals surface area (Å²) in [5.74, 6) is 0. The minimum Gasteiger partial charge on any atom is -0.375 e. The first-order valence-electron chi connectivity index (χ1n) is 12.9. The average Bonchev–Trinajstić information content (AvgIpc) is 3.62. The number of hydrogen-bond donors (Lipinski definition) is 0. The number of allylic oxidation sites excluding steroid dienone is 4. The summed E-state index contributed by atoms with van der Waals surface area (Å²) in [6.07, 6.45) is 13.8. The third-order valence-electron chi connectivity index (χ3n) is 6.80. The normalized spacial score (nSPS) is 18.8. The number of aliphatic imine (C=N–C) groups is 1. The van der Waals surface area contributed by atoms with Crippen molar-refractivity contribution >= 4 is 17.5 Å². The summed E-state index contributed by atoms with van der Waals surface area (Å²) >= 11 is 0. The molecular weight excluding hydrogens is 402 g/mol. The molecule has 0 radical (unpaired) electrons. The molecule has 0 atom stereocenters. The second kappa shape index (κ2) is 11.2. The van der Waals surface area contributed by atoms with Gasteiger partial charge in [-0.2, -0.15) is 0 Å². The average molecular weight is 448 g/mol. The van der Waals surface area contributed by atoms with Crippen molar-refractivity contribution in [2.75, 3.05) is 20.1 Å². The molecule has 0 unspecified atom stereocenters. The first-order chi connectivity index (χ1) is 15.8. The molecule has 0 spiro atoms. The van der Waals surface area contributed by atoms with Gasteiger partial charge in [0.1, 0.15) is 0 Å². The summed E-state index contributed by atoms with van der Waals surface area (Å²) in [5, 5.41) is 0. The maximum Gasteiger partial charge on any atom is 0.0371 e. The van der Waals surface area contributed by atoms with Crippen molar-refractivity contribution in [1.82, 2.24) is 9.80 Å². The Morgan fingerprint density at radius 2 is 1.64 bits per heavy atom. The molecule has 0 N–H and O–H groups in total. The van der Waals surface area contributed by atoms with Crippen LogP contribution in [0.15, 0.2) is 53.7 Å². The van der Waals surface area contributed by atoms with Crippen LogP contribution in [0.3, 0.4) is 0 Å². The molecule has 1 heterocycles. The van der Waals surface area contributed by atoms with Gasteiger partial charge in [0.25, 0.3) is 0 Å². The van der Waals surface area contributed by atoms with E-state index < -0.39 is 0 Å². The van der Waals surface area contributed by atoms with Crippen LogP contribution >= 0.6 is 0 Å². The van der Waals surface area contributed by atoms with E-state index in [1.165, 1.54) is 42.5 Å². The molecule has 0 amide bonds. The number of piperidine rings is 1.